The third-order valence-corrected chi connectivity index (χ3v) is 3.44. The van der Waals surface area contributed by atoms with Crippen LogP contribution in [0.25, 0.3) is 0 Å². The molecule has 0 saturated heterocycles. The zero-order valence-corrected chi connectivity index (χ0v) is 17.8. The molecule has 4 heteroatoms. The van der Waals surface area contributed by atoms with E-state index in [4.69, 9.17) is 5.11 Å². The van der Waals surface area contributed by atoms with Crippen LogP contribution < -0.4 is 0 Å². The maximum absolute atomic E-state index is 11.0. The number of carbonyl (C=O) groups excluding carboxylic acids is 1. The summed E-state index contributed by atoms with van der Waals surface area (Å²) in [6.45, 7) is 7.74. The van der Waals surface area contributed by atoms with Crippen LogP contribution in [0, 0.1) is 0 Å². The Bertz CT molecular complexity index is 823. The molecule has 0 unspecified atom stereocenters. The van der Waals surface area contributed by atoms with Gasteiger partial charge in [-0.3, -0.25) is 0 Å². The Morgan fingerprint density at radius 2 is 0.966 bits per heavy atom. The fourth-order valence-electron chi connectivity index (χ4n) is 1.81. The topological polar surface area (TPSA) is 63.6 Å². The highest BCUT2D eigenvalue weighted by Gasteiger charge is 1.89. The first-order valence-electron chi connectivity index (χ1n) is 9.13. The van der Waals surface area contributed by atoms with E-state index in [1.54, 1.807) is 12.2 Å². The number of carbonyl (C=O) groups is 2. The minimum Gasteiger partial charge on any atom is -0.478 e. The molecule has 0 aromatic heterocycles. The van der Waals surface area contributed by atoms with Gasteiger partial charge in [0.15, 0.2) is 0 Å². The fraction of sp³-hybridized carbons (Fsp3) is 0.200. The van der Waals surface area contributed by atoms with Crippen molar-refractivity contribution in [3.05, 3.63) is 107 Å². The molecule has 0 rings (SSSR count). The van der Waals surface area contributed by atoms with Crippen LogP contribution in [-0.2, 0) is 14.3 Å². The summed E-state index contributed by atoms with van der Waals surface area (Å²) >= 11 is 0. The largest absolute Gasteiger partial charge is 0.478 e. The Labute approximate surface area is 174 Å². The minimum atomic E-state index is -0.956. The lowest BCUT2D eigenvalue weighted by atomic mass is 10.2. The van der Waals surface area contributed by atoms with Gasteiger partial charge in [-0.1, -0.05) is 95.2 Å². The average molecular weight is 395 g/mol. The Morgan fingerprint density at radius 1 is 0.586 bits per heavy atom. The lowest BCUT2D eigenvalue weighted by Crippen LogP contribution is -1.93. The molecule has 154 valence electrons. The first-order chi connectivity index (χ1) is 13.7. The number of ether oxygens (including phenoxy) is 1. The second kappa shape index (κ2) is 15.6. The molecule has 4 nitrogen and oxygen atoms in total. The smallest absolute Gasteiger partial charge is 0.330 e. The maximum Gasteiger partial charge on any atom is 0.330 e. The Morgan fingerprint density at radius 3 is 1.38 bits per heavy atom. The van der Waals surface area contributed by atoms with Gasteiger partial charge in [-0.05, 0) is 27.7 Å². The van der Waals surface area contributed by atoms with Gasteiger partial charge in [-0.25, -0.2) is 9.59 Å². The summed E-state index contributed by atoms with van der Waals surface area (Å²) in [4.78, 5) is 21.5. The lowest BCUT2D eigenvalue weighted by Gasteiger charge is -1.91. The molecule has 0 radical (unpaired) electrons. The van der Waals surface area contributed by atoms with Crippen molar-refractivity contribution in [3.63, 3.8) is 0 Å². The van der Waals surface area contributed by atoms with E-state index in [1.807, 2.05) is 88.5 Å². The molecule has 0 heterocycles. The quantitative estimate of drug-likeness (QED) is 0.288. The first-order valence-corrected chi connectivity index (χ1v) is 9.13. The van der Waals surface area contributed by atoms with Crippen molar-refractivity contribution in [2.45, 2.75) is 27.7 Å². The van der Waals surface area contributed by atoms with Crippen LogP contribution in [0.15, 0.2) is 107 Å². The maximum atomic E-state index is 11.0. The van der Waals surface area contributed by atoms with Crippen molar-refractivity contribution in [1.29, 1.82) is 0 Å². The number of aliphatic carboxylic acids is 1. The summed E-state index contributed by atoms with van der Waals surface area (Å²) in [6, 6.07) is 0. The highest BCUT2D eigenvalue weighted by atomic mass is 16.5. The van der Waals surface area contributed by atoms with Crippen molar-refractivity contribution < 1.29 is 19.4 Å². The summed E-state index contributed by atoms with van der Waals surface area (Å²) in [5.41, 5.74) is 3.98. The molecule has 0 spiro atoms. The number of carboxylic acid groups (broad SMARTS) is 1. The van der Waals surface area contributed by atoms with E-state index in [-0.39, 0.29) is 5.97 Å². The molecule has 0 amide bonds. The van der Waals surface area contributed by atoms with Crippen LogP contribution in [0.3, 0.4) is 0 Å². The van der Waals surface area contributed by atoms with Gasteiger partial charge >= 0.3 is 11.9 Å². The van der Waals surface area contributed by atoms with Gasteiger partial charge < -0.3 is 9.84 Å². The first kappa shape index (κ1) is 25.6. The second-order valence-corrected chi connectivity index (χ2v) is 6.27. The summed E-state index contributed by atoms with van der Waals surface area (Å²) in [6.07, 6.45) is 25.2. The van der Waals surface area contributed by atoms with Gasteiger partial charge in [0.25, 0.3) is 0 Å². The molecule has 29 heavy (non-hydrogen) atoms. The van der Waals surface area contributed by atoms with Crippen LogP contribution >= 0.6 is 0 Å². The SMILES string of the molecule is COC(=O)\C=C/C(C)=C/C=C\C(C)=C\C=C\C=C(C)\C=C/C=C(C)/C=C\C(=O)O. The average Bonchev–Trinajstić information content (AvgIpc) is 2.67. The third-order valence-electron chi connectivity index (χ3n) is 3.44. The number of methoxy groups -OCH3 is 1. The van der Waals surface area contributed by atoms with E-state index in [0.717, 1.165) is 28.4 Å². The molecule has 0 atom stereocenters. The monoisotopic (exact) mass is 394 g/mol. The number of hydrogen-bond donors (Lipinski definition) is 1. The normalized spacial score (nSPS) is 14.9. The van der Waals surface area contributed by atoms with Crippen LogP contribution in [0.5, 0.6) is 0 Å². The van der Waals surface area contributed by atoms with Gasteiger partial charge in [-0.15, -0.1) is 0 Å². The lowest BCUT2D eigenvalue weighted by molar-refractivity contribution is -0.135. The Balaban J connectivity index is 4.67. The fourth-order valence-corrected chi connectivity index (χ4v) is 1.81. The van der Waals surface area contributed by atoms with Crippen molar-refractivity contribution in [2.75, 3.05) is 7.11 Å². The van der Waals surface area contributed by atoms with E-state index >= 15 is 0 Å². The van der Waals surface area contributed by atoms with Crippen LogP contribution in [0.4, 0.5) is 0 Å². The Kier molecular flexibility index (Phi) is 13.8. The number of esters is 1. The van der Waals surface area contributed by atoms with Crippen LogP contribution in [0.2, 0.25) is 0 Å². The standard InChI is InChI=1S/C25H30O4/c1-20(12-8-14-22(3)16-18-24(26)27)10-6-7-11-21(2)13-9-15-23(4)17-19-25(28)29-5/h6-19H,1-5H3,(H,26,27)/b7-6+,12-8-,13-9-,18-16-,19-17-,20-10+,21-11+,22-14+,23-15+. The number of allylic oxidation sites excluding steroid dienone is 16. The zero-order chi connectivity index (χ0) is 22.1. The van der Waals surface area contributed by atoms with Gasteiger partial charge in [0, 0.05) is 12.2 Å². The van der Waals surface area contributed by atoms with E-state index in [1.165, 1.54) is 13.2 Å². The highest BCUT2D eigenvalue weighted by molar-refractivity contribution is 5.82. The zero-order valence-electron chi connectivity index (χ0n) is 17.8. The molecule has 0 aromatic rings. The molecular formula is C25H30O4. The second-order valence-electron chi connectivity index (χ2n) is 6.27. The molecular weight excluding hydrogens is 364 g/mol. The molecule has 0 aliphatic carbocycles. The molecule has 1 N–H and O–H groups in total. The van der Waals surface area contributed by atoms with E-state index in [9.17, 15) is 9.59 Å². The molecule has 0 bridgehead atoms. The van der Waals surface area contributed by atoms with Crippen molar-refractivity contribution in [3.8, 4) is 0 Å². The Hall–Kier alpha value is -3.40. The third kappa shape index (κ3) is 16.5. The number of carboxylic acids is 1. The molecule has 0 aliphatic rings. The van der Waals surface area contributed by atoms with Crippen LogP contribution in [0.1, 0.15) is 27.7 Å². The van der Waals surface area contributed by atoms with E-state index < -0.39 is 5.97 Å². The number of rotatable bonds is 10. The van der Waals surface area contributed by atoms with Crippen molar-refractivity contribution >= 4 is 11.9 Å². The summed E-state index contributed by atoms with van der Waals surface area (Å²) < 4.78 is 4.54. The summed E-state index contributed by atoms with van der Waals surface area (Å²) in [5.74, 6) is -1.33. The van der Waals surface area contributed by atoms with E-state index in [0.29, 0.717) is 0 Å². The minimum absolute atomic E-state index is 0.373. The van der Waals surface area contributed by atoms with Gasteiger partial charge in [0.2, 0.25) is 0 Å². The predicted octanol–water partition coefficient (Wildman–Crippen LogP) is 5.81. The molecule has 0 saturated carbocycles. The molecule has 0 aromatic carbocycles. The van der Waals surface area contributed by atoms with Gasteiger partial charge in [-0.2, -0.15) is 0 Å². The van der Waals surface area contributed by atoms with Crippen molar-refractivity contribution in [2.24, 2.45) is 0 Å². The van der Waals surface area contributed by atoms with Crippen LogP contribution in [-0.4, -0.2) is 24.2 Å². The van der Waals surface area contributed by atoms with Gasteiger partial charge in [0.1, 0.15) is 0 Å². The summed E-state index contributed by atoms with van der Waals surface area (Å²) in [7, 11) is 1.35. The van der Waals surface area contributed by atoms with Gasteiger partial charge in [0.05, 0.1) is 7.11 Å². The van der Waals surface area contributed by atoms with Crippen molar-refractivity contribution in [1.82, 2.24) is 0 Å². The molecule has 0 aliphatic heterocycles. The number of hydrogen-bond acceptors (Lipinski definition) is 3. The molecule has 0 fully saturated rings. The highest BCUT2D eigenvalue weighted by Crippen LogP contribution is 2.02. The van der Waals surface area contributed by atoms with E-state index in [2.05, 4.69) is 4.74 Å². The predicted molar refractivity (Wildman–Crippen MR) is 120 cm³/mol. The summed E-state index contributed by atoms with van der Waals surface area (Å²) in [5, 5.41) is 8.58.